The molecule has 0 spiro atoms. The largest absolute Gasteiger partial charge is 0.463 e. The summed E-state index contributed by atoms with van der Waals surface area (Å²) < 4.78 is 42.3. The van der Waals surface area contributed by atoms with Gasteiger partial charge in [-0.25, -0.2) is 4.79 Å². The van der Waals surface area contributed by atoms with Gasteiger partial charge in [0, 0.05) is 13.1 Å². The molecule has 0 saturated heterocycles. The Morgan fingerprint density at radius 1 is 1.25 bits per heavy atom. The Labute approximate surface area is 92.9 Å². The Kier molecular flexibility index (Phi) is 5.92. The Balaban J connectivity index is 5.01. The molecule has 0 amide bonds. The molecule has 0 N–H and O–H groups in total. The number of hydrogen-bond acceptors (Lipinski definition) is 3. The monoisotopic (exact) mass is 239 g/mol. The SMILES string of the molecule is CCOC(=O)C=C(N(CC)CC)C(F)(F)F. The minimum Gasteiger partial charge on any atom is -0.463 e. The maximum absolute atomic E-state index is 12.6. The molecule has 3 nitrogen and oxygen atoms in total. The molecular formula is C10H16F3NO2. The zero-order valence-corrected chi connectivity index (χ0v) is 9.60. The number of carbonyl (C=O) groups excluding carboxylic acids is 1. The molecule has 0 aliphatic rings. The fourth-order valence-corrected chi connectivity index (χ4v) is 1.21. The number of allylic oxidation sites excluding steroid dienone is 1. The van der Waals surface area contributed by atoms with Crippen LogP contribution < -0.4 is 0 Å². The van der Waals surface area contributed by atoms with Gasteiger partial charge in [-0.1, -0.05) is 0 Å². The van der Waals surface area contributed by atoms with Crippen molar-refractivity contribution in [2.75, 3.05) is 19.7 Å². The van der Waals surface area contributed by atoms with Crippen LogP contribution in [0.15, 0.2) is 11.8 Å². The van der Waals surface area contributed by atoms with Crippen LogP contribution >= 0.6 is 0 Å². The first kappa shape index (κ1) is 14.8. The van der Waals surface area contributed by atoms with Gasteiger partial charge < -0.3 is 9.64 Å². The summed E-state index contributed by atoms with van der Waals surface area (Å²) in [5, 5.41) is 0. The van der Waals surface area contributed by atoms with Gasteiger partial charge in [-0.05, 0) is 20.8 Å². The second-order valence-electron chi connectivity index (χ2n) is 2.95. The quantitative estimate of drug-likeness (QED) is 0.544. The van der Waals surface area contributed by atoms with Gasteiger partial charge in [0.15, 0.2) is 0 Å². The number of rotatable bonds is 5. The molecule has 0 aromatic rings. The van der Waals surface area contributed by atoms with Crippen LogP contribution in [0, 0.1) is 0 Å². The van der Waals surface area contributed by atoms with E-state index in [4.69, 9.17) is 0 Å². The van der Waals surface area contributed by atoms with E-state index in [1.165, 1.54) is 6.92 Å². The van der Waals surface area contributed by atoms with Crippen LogP contribution in [0.2, 0.25) is 0 Å². The van der Waals surface area contributed by atoms with Gasteiger partial charge in [0.1, 0.15) is 5.70 Å². The Hall–Kier alpha value is -1.20. The highest BCUT2D eigenvalue weighted by Gasteiger charge is 2.37. The first-order chi connectivity index (χ1) is 7.36. The molecule has 6 heteroatoms. The van der Waals surface area contributed by atoms with Gasteiger partial charge in [-0.3, -0.25) is 0 Å². The third kappa shape index (κ3) is 4.55. The number of halogens is 3. The van der Waals surface area contributed by atoms with Crippen LogP contribution in [0.25, 0.3) is 0 Å². The van der Waals surface area contributed by atoms with E-state index in [9.17, 15) is 18.0 Å². The molecule has 0 heterocycles. The van der Waals surface area contributed by atoms with Crippen LogP contribution in [0.4, 0.5) is 13.2 Å². The zero-order chi connectivity index (χ0) is 12.8. The first-order valence-electron chi connectivity index (χ1n) is 5.07. The van der Waals surface area contributed by atoms with Gasteiger partial charge in [-0.2, -0.15) is 13.2 Å². The van der Waals surface area contributed by atoms with Crippen molar-refractivity contribution >= 4 is 5.97 Å². The normalized spacial score (nSPS) is 12.5. The average Bonchev–Trinajstić information content (AvgIpc) is 2.17. The van der Waals surface area contributed by atoms with Gasteiger partial charge in [0.05, 0.1) is 12.7 Å². The van der Waals surface area contributed by atoms with Crippen LogP contribution in [-0.2, 0) is 9.53 Å². The lowest BCUT2D eigenvalue weighted by Gasteiger charge is -2.25. The van der Waals surface area contributed by atoms with Crippen molar-refractivity contribution in [3.05, 3.63) is 11.8 Å². The molecule has 0 rings (SSSR count). The predicted octanol–water partition coefficient (Wildman–Crippen LogP) is 2.34. The summed E-state index contributed by atoms with van der Waals surface area (Å²) >= 11 is 0. The molecule has 94 valence electrons. The Morgan fingerprint density at radius 2 is 1.75 bits per heavy atom. The number of nitrogens with zero attached hydrogens (tertiary/aromatic N) is 1. The van der Waals surface area contributed by atoms with Crippen molar-refractivity contribution in [2.45, 2.75) is 26.9 Å². The van der Waals surface area contributed by atoms with E-state index in [1.807, 2.05) is 0 Å². The maximum Gasteiger partial charge on any atom is 0.431 e. The van der Waals surface area contributed by atoms with E-state index in [0.717, 1.165) is 4.90 Å². The zero-order valence-electron chi connectivity index (χ0n) is 9.60. The van der Waals surface area contributed by atoms with Crippen molar-refractivity contribution in [2.24, 2.45) is 0 Å². The highest BCUT2D eigenvalue weighted by atomic mass is 19.4. The average molecular weight is 239 g/mol. The maximum atomic E-state index is 12.6. The van der Waals surface area contributed by atoms with E-state index in [0.29, 0.717) is 6.08 Å². The Morgan fingerprint density at radius 3 is 2.06 bits per heavy atom. The number of hydrogen-bond donors (Lipinski definition) is 0. The summed E-state index contributed by atoms with van der Waals surface area (Å²) in [4.78, 5) is 12.1. The van der Waals surface area contributed by atoms with Crippen molar-refractivity contribution in [3.8, 4) is 0 Å². The summed E-state index contributed by atoms with van der Waals surface area (Å²) in [7, 11) is 0. The van der Waals surface area contributed by atoms with Gasteiger partial charge >= 0.3 is 12.1 Å². The number of carbonyl (C=O) groups is 1. The third-order valence-corrected chi connectivity index (χ3v) is 1.94. The second kappa shape index (κ2) is 6.40. The number of ether oxygens (including phenoxy) is 1. The van der Waals surface area contributed by atoms with E-state index in [2.05, 4.69) is 4.74 Å². The van der Waals surface area contributed by atoms with Crippen LogP contribution in [0.5, 0.6) is 0 Å². The molecule has 0 saturated carbocycles. The van der Waals surface area contributed by atoms with Gasteiger partial charge in [0.2, 0.25) is 0 Å². The van der Waals surface area contributed by atoms with E-state index < -0.39 is 17.8 Å². The summed E-state index contributed by atoms with van der Waals surface area (Å²) in [6, 6.07) is 0. The first-order valence-corrected chi connectivity index (χ1v) is 5.07. The van der Waals surface area contributed by atoms with E-state index >= 15 is 0 Å². The summed E-state index contributed by atoms with van der Waals surface area (Å²) in [5.74, 6) is -0.971. The lowest BCUT2D eigenvalue weighted by atomic mass is 10.3. The summed E-state index contributed by atoms with van der Waals surface area (Å²) in [6.45, 7) is 5.14. The second-order valence-corrected chi connectivity index (χ2v) is 2.95. The minimum atomic E-state index is -4.54. The molecule has 0 aromatic heterocycles. The molecule has 0 unspecified atom stereocenters. The van der Waals surface area contributed by atoms with Crippen LogP contribution in [0.1, 0.15) is 20.8 Å². The lowest BCUT2D eigenvalue weighted by molar-refractivity contribution is -0.139. The molecular weight excluding hydrogens is 223 g/mol. The molecule has 0 bridgehead atoms. The predicted molar refractivity (Wildman–Crippen MR) is 53.7 cm³/mol. The topological polar surface area (TPSA) is 29.5 Å². The summed E-state index contributed by atoms with van der Waals surface area (Å²) in [5.41, 5.74) is -0.962. The standard InChI is InChI=1S/C10H16F3NO2/c1-4-14(5-2)8(10(11,12)13)7-9(15)16-6-3/h7H,4-6H2,1-3H3. The van der Waals surface area contributed by atoms with E-state index in [1.54, 1.807) is 13.8 Å². The number of alkyl halides is 3. The highest BCUT2D eigenvalue weighted by molar-refractivity contribution is 5.82. The summed E-state index contributed by atoms with van der Waals surface area (Å²) in [6.07, 6.45) is -4.05. The van der Waals surface area contributed by atoms with Crippen molar-refractivity contribution in [3.63, 3.8) is 0 Å². The molecule has 0 aliphatic carbocycles. The molecule has 0 radical (unpaired) electrons. The Bertz CT molecular complexity index is 257. The fraction of sp³-hybridized carbons (Fsp3) is 0.700. The third-order valence-electron chi connectivity index (χ3n) is 1.94. The molecule has 0 aromatic carbocycles. The smallest absolute Gasteiger partial charge is 0.431 e. The fourth-order valence-electron chi connectivity index (χ4n) is 1.21. The van der Waals surface area contributed by atoms with Crippen molar-refractivity contribution in [1.29, 1.82) is 0 Å². The molecule has 0 atom stereocenters. The molecule has 16 heavy (non-hydrogen) atoms. The van der Waals surface area contributed by atoms with Crippen molar-refractivity contribution in [1.82, 2.24) is 4.90 Å². The van der Waals surface area contributed by atoms with Gasteiger partial charge in [0.25, 0.3) is 0 Å². The molecule has 0 fully saturated rings. The number of esters is 1. The van der Waals surface area contributed by atoms with Gasteiger partial charge in [-0.15, -0.1) is 0 Å². The lowest BCUT2D eigenvalue weighted by Crippen LogP contribution is -2.32. The molecule has 0 aliphatic heterocycles. The van der Waals surface area contributed by atoms with Crippen LogP contribution in [-0.4, -0.2) is 36.7 Å². The highest BCUT2D eigenvalue weighted by Crippen LogP contribution is 2.28. The van der Waals surface area contributed by atoms with E-state index in [-0.39, 0.29) is 19.7 Å². The minimum absolute atomic E-state index is 0.0543. The van der Waals surface area contributed by atoms with Crippen molar-refractivity contribution < 1.29 is 22.7 Å². The van der Waals surface area contributed by atoms with Crippen LogP contribution in [0.3, 0.4) is 0 Å².